The van der Waals surface area contributed by atoms with Crippen LogP contribution in [0.4, 0.5) is 30.2 Å². The number of hydrogen-bond donors (Lipinski definition) is 2. The van der Waals surface area contributed by atoms with Crippen LogP contribution in [-0.4, -0.2) is 48.4 Å². The molecule has 2 amide bonds. The molecule has 0 unspecified atom stereocenters. The zero-order chi connectivity index (χ0) is 24.6. The average molecular weight is 468 g/mol. The van der Waals surface area contributed by atoms with Gasteiger partial charge in [0.1, 0.15) is 11.4 Å². The predicted octanol–water partition coefficient (Wildman–Crippen LogP) is 3.91. The first-order valence-electron chi connectivity index (χ1n) is 9.87. The molecule has 0 saturated carbocycles. The molecule has 33 heavy (non-hydrogen) atoms. The molecule has 178 valence electrons. The van der Waals surface area contributed by atoms with Crippen molar-refractivity contribution in [3.8, 4) is 5.75 Å². The van der Waals surface area contributed by atoms with Crippen molar-refractivity contribution < 1.29 is 32.4 Å². The fourth-order valence-corrected chi connectivity index (χ4v) is 2.96. The maximum atomic E-state index is 12.8. The Kier molecular flexibility index (Phi) is 8.60. The number of nitro benzene ring substituents is 1. The van der Waals surface area contributed by atoms with Gasteiger partial charge in [0, 0.05) is 25.6 Å². The number of halogens is 3. The first kappa shape index (κ1) is 25.4. The monoisotopic (exact) mass is 468 g/mol. The van der Waals surface area contributed by atoms with Gasteiger partial charge in [-0.25, -0.2) is 0 Å². The van der Waals surface area contributed by atoms with Crippen LogP contribution >= 0.6 is 0 Å². The van der Waals surface area contributed by atoms with Gasteiger partial charge in [-0.3, -0.25) is 19.7 Å². The van der Waals surface area contributed by atoms with Gasteiger partial charge < -0.3 is 20.3 Å². The van der Waals surface area contributed by atoms with E-state index in [-0.39, 0.29) is 31.7 Å². The molecule has 12 heteroatoms. The van der Waals surface area contributed by atoms with E-state index in [9.17, 15) is 32.9 Å². The smallest absolute Gasteiger partial charge is 0.416 e. The van der Waals surface area contributed by atoms with E-state index >= 15 is 0 Å². The number of hydrogen-bond acceptors (Lipinski definition) is 6. The summed E-state index contributed by atoms with van der Waals surface area (Å²) in [6.45, 7) is 1.62. The Morgan fingerprint density at radius 1 is 1.15 bits per heavy atom. The van der Waals surface area contributed by atoms with E-state index in [0.29, 0.717) is 17.5 Å². The molecular formula is C21H23F3N4O5. The molecule has 0 aliphatic carbocycles. The summed E-state index contributed by atoms with van der Waals surface area (Å²) in [5.74, 6) is -0.390. The SMILES string of the molecule is CCN(CC(=O)Nc1ccccc1OC)C(=O)CCNc1ccc(C(F)(F)F)cc1[N+](=O)[O-]. The van der Waals surface area contributed by atoms with Crippen LogP contribution < -0.4 is 15.4 Å². The Morgan fingerprint density at radius 2 is 1.85 bits per heavy atom. The molecule has 2 N–H and O–H groups in total. The Morgan fingerprint density at radius 3 is 2.45 bits per heavy atom. The fourth-order valence-electron chi connectivity index (χ4n) is 2.96. The van der Waals surface area contributed by atoms with Crippen molar-refractivity contribution in [1.82, 2.24) is 4.90 Å². The summed E-state index contributed by atoms with van der Waals surface area (Å²) in [5.41, 5.74) is -1.59. The summed E-state index contributed by atoms with van der Waals surface area (Å²) < 4.78 is 43.6. The molecular weight excluding hydrogens is 445 g/mol. The Balaban J connectivity index is 1.96. The van der Waals surface area contributed by atoms with E-state index in [2.05, 4.69) is 10.6 Å². The molecule has 2 rings (SSSR count). The van der Waals surface area contributed by atoms with Crippen molar-refractivity contribution >= 4 is 28.9 Å². The van der Waals surface area contributed by atoms with Gasteiger partial charge in [-0.1, -0.05) is 12.1 Å². The zero-order valence-electron chi connectivity index (χ0n) is 17.9. The summed E-state index contributed by atoms with van der Waals surface area (Å²) in [4.78, 5) is 36.3. The number of likely N-dealkylation sites (N-methyl/N-ethyl adjacent to an activating group) is 1. The van der Waals surface area contributed by atoms with Gasteiger partial charge in [-0.2, -0.15) is 13.2 Å². The number of benzene rings is 2. The summed E-state index contributed by atoms with van der Waals surface area (Å²) in [7, 11) is 1.46. The molecule has 0 atom stereocenters. The number of nitrogens with one attached hydrogen (secondary N) is 2. The average Bonchev–Trinajstić information content (AvgIpc) is 2.77. The zero-order valence-corrected chi connectivity index (χ0v) is 17.9. The van der Waals surface area contributed by atoms with E-state index < -0.39 is 34.2 Å². The number of ether oxygens (including phenoxy) is 1. The van der Waals surface area contributed by atoms with Crippen molar-refractivity contribution in [2.45, 2.75) is 19.5 Å². The summed E-state index contributed by atoms with van der Waals surface area (Å²) in [6.07, 6.45) is -4.85. The van der Waals surface area contributed by atoms with Crippen molar-refractivity contribution in [3.63, 3.8) is 0 Å². The third kappa shape index (κ3) is 7.09. The van der Waals surface area contributed by atoms with Crippen molar-refractivity contribution in [2.24, 2.45) is 0 Å². The lowest BCUT2D eigenvalue weighted by atomic mass is 10.1. The topological polar surface area (TPSA) is 114 Å². The number of nitro groups is 1. The molecule has 0 aromatic heterocycles. The van der Waals surface area contributed by atoms with Gasteiger partial charge in [0.2, 0.25) is 11.8 Å². The minimum atomic E-state index is -4.72. The molecule has 9 nitrogen and oxygen atoms in total. The highest BCUT2D eigenvalue weighted by atomic mass is 19.4. The van der Waals surface area contributed by atoms with Crippen molar-refractivity contribution in [1.29, 1.82) is 0 Å². The molecule has 0 aliphatic heterocycles. The quantitative estimate of drug-likeness (QED) is 0.404. The second kappa shape index (κ2) is 11.2. The van der Waals surface area contributed by atoms with E-state index in [4.69, 9.17) is 4.74 Å². The van der Waals surface area contributed by atoms with E-state index in [1.807, 2.05) is 0 Å². The first-order valence-corrected chi connectivity index (χ1v) is 9.87. The number of para-hydroxylation sites is 2. The highest BCUT2D eigenvalue weighted by molar-refractivity contribution is 5.95. The van der Waals surface area contributed by atoms with Crippen LogP contribution in [0.3, 0.4) is 0 Å². The Hall–Kier alpha value is -3.83. The lowest BCUT2D eigenvalue weighted by Crippen LogP contribution is -2.38. The van der Waals surface area contributed by atoms with Gasteiger partial charge in [-0.05, 0) is 31.2 Å². The summed E-state index contributed by atoms with van der Waals surface area (Å²) in [5, 5.41) is 16.4. The minimum Gasteiger partial charge on any atom is -0.495 e. The van der Waals surface area contributed by atoms with Gasteiger partial charge in [0.05, 0.1) is 29.8 Å². The van der Waals surface area contributed by atoms with E-state index in [1.54, 1.807) is 31.2 Å². The normalized spacial score (nSPS) is 10.9. The number of anilines is 2. The predicted molar refractivity (Wildman–Crippen MR) is 115 cm³/mol. The highest BCUT2D eigenvalue weighted by Gasteiger charge is 2.33. The second-order valence-electron chi connectivity index (χ2n) is 6.82. The van der Waals surface area contributed by atoms with Gasteiger partial charge in [-0.15, -0.1) is 0 Å². The molecule has 0 heterocycles. The fraction of sp³-hybridized carbons (Fsp3) is 0.333. The number of alkyl halides is 3. The summed E-state index contributed by atoms with van der Waals surface area (Å²) in [6, 6.07) is 8.88. The molecule has 2 aromatic rings. The van der Waals surface area contributed by atoms with Crippen LogP contribution in [0.2, 0.25) is 0 Å². The Bertz CT molecular complexity index is 1010. The van der Waals surface area contributed by atoms with Crippen LogP contribution in [0.15, 0.2) is 42.5 Å². The number of methoxy groups -OCH3 is 1. The lowest BCUT2D eigenvalue weighted by Gasteiger charge is -2.21. The maximum Gasteiger partial charge on any atom is 0.416 e. The Labute approximate surface area is 187 Å². The number of carbonyl (C=O) groups is 2. The van der Waals surface area contributed by atoms with E-state index in [0.717, 1.165) is 12.1 Å². The van der Waals surface area contributed by atoms with Crippen LogP contribution in [0.1, 0.15) is 18.9 Å². The third-order valence-corrected chi connectivity index (χ3v) is 4.63. The summed E-state index contributed by atoms with van der Waals surface area (Å²) >= 11 is 0. The van der Waals surface area contributed by atoms with Crippen molar-refractivity contribution in [3.05, 3.63) is 58.1 Å². The number of nitrogens with zero attached hydrogens (tertiary/aromatic N) is 2. The highest BCUT2D eigenvalue weighted by Crippen LogP contribution is 2.34. The van der Waals surface area contributed by atoms with Crippen LogP contribution in [0.5, 0.6) is 5.75 Å². The molecule has 0 fully saturated rings. The third-order valence-electron chi connectivity index (χ3n) is 4.63. The number of amides is 2. The second-order valence-corrected chi connectivity index (χ2v) is 6.82. The van der Waals surface area contributed by atoms with Crippen LogP contribution in [-0.2, 0) is 15.8 Å². The van der Waals surface area contributed by atoms with Crippen LogP contribution in [0.25, 0.3) is 0 Å². The van der Waals surface area contributed by atoms with Gasteiger partial charge in [0.15, 0.2) is 0 Å². The molecule has 0 aliphatic rings. The molecule has 0 bridgehead atoms. The number of rotatable bonds is 10. The molecule has 0 spiro atoms. The minimum absolute atomic E-state index is 0.0737. The molecule has 2 aromatic carbocycles. The first-order chi connectivity index (χ1) is 15.6. The van der Waals surface area contributed by atoms with Crippen LogP contribution in [0, 0.1) is 10.1 Å². The maximum absolute atomic E-state index is 12.8. The molecule has 0 saturated heterocycles. The van der Waals surface area contributed by atoms with Crippen molar-refractivity contribution in [2.75, 3.05) is 37.4 Å². The van der Waals surface area contributed by atoms with E-state index in [1.165, 1.54) is 12.0 Å². The largest absolute Gasteiger partial charge is 0.495 e. The molecule has 0 radical (unpaired) electrons. The standard InChI is InChI=1S/C21H23F3N4O5/c1-3-27(13-19(29)26-16-6-4-5-7-18(16)33-2)20(30)10-11-25-15-9-8-14(21(22,23)24)12-17(15)28(31)32/h4-9,12,25H,3,10-11,13H2,1-2H3,(H,26,29). The van der Waals surface area contributed by atoms with Gasteiger partial charge >= 0.3 is 6.18 Å². The lowest BCUT2D eigenvalue weighted by molar-refractivity contribution is -0.384. The number of carbonyl (C=O) groups excluding carboxylic acids is 2. The van der Waals surface area contributed by atoms with Gasteiger partial charge in [0.25, 0.3) is 5.69 Å².